The zero-order valence-corrected chi connectivity index (χ0v) is 18.2. The molecule has 0 unspecified atom stereocenters. The molecule has 0 aromatic heterocycles. The molecule has 2 amide bonds. The Morgan fingerprint density at radius 2 is 1.68 bits per heavy atom. The van der Waals surface area contributed by atoms with Gasteiger partial charge in [0.1, 0.15) is 5.60 Å². The lowest BCUT2D eigenvalue weighted by Gasteiger charge is -2.35. The molecule has 154 valence electrons. The number of nitrogens with zero attached hydrogens (tertiary/aromatic N) is 2. The van der Waals surface area contributed by atoms with E-state index >= 15 is 0 Å². The molecule has 0 spiro atoms. The van der Waals surface area contributed by atoms with Crippen LogP contribution in [0.4, 0.5) is 4.79 Å². The summed E-state index contributed by atoms with van der Waals surface area (Å²) in [5.74, 6) is 0.0582. The van der Waals surface area contributed by atoms with Crippen LogP contribution in [0.5, 0.6) is 0 Å². The number of amides is 2. The number of halogens is 2. The molecule has 2 aliphatic rings. The predicted octanol–water partition coefficient (Wildman–Crippen LogP) is 5.13. The summed E-state index contributed by atoms with van der Waals surface area (Å²) < 4.78 is 5.44. The molecule has 0 radical (unpaired) electrons. The molecule has 7 heteroatoms. The lowest BCUT2D eigenvalue weighted by molar-refractivity contribution is -0.138. The summed E-state index contributed by atoms with van der Waals surface area (Å²) in [5, 5.41) is 1.18. The summed E-state index contributed by atoms with van der Waals surface area (Å²) in [6.45, 7) is 7.08. The first-order valence-electron chi connectivity index (χ1n) is 9.87. The summed E-state index contributed by atoms with van der Waals surface area (Å²) in [4.78, 5) is 29.1. The average Bonchev–Trinajstić information content (AvgIpc) is 3.45. The van der Waals surface area contributed by atoms with E-state index in [4.69, 9.17) is 27.9 Å². The van der Waals surface area contributed by atoms with Crippen LogP contribution in [0.3, 0.4) is 0 Å². The van der Waals surface area contributed by atoms with E-state index in [0.717, 1.165) is 18.4 Å². The van der Waals surface area contributed by atoms with Gasteiger partial charge in [-0.1, -0.05) is 29.3 Å². The van der Waals surface area contributed by atoms with Crippen molar-refractivity contribution < 1.29 is 14.3 Å². The Labute approximate surface area is 176 Å². The van der Waals surface area contributed by atoms with Crippen molar-refractivity contribution in [3.63, 3.8) is 0 Å². The van der Waals surface area contributed by atoms with Crippen LogP contribution in [-0.2, 0) is 16.1 Å². The van der Waals surface area contributed by atoms with E-state index < -0.39 is 5.60 Å². The normalized spacial score (nSPS) is 18.1. The minimum atomic E-state index is -0.513. The van der Waals surface area contributed by atoms with Crippen molar-refractivity contribution in [1.82, 2.24) is 9.80 Å². The second kappa shape index (κ2) is 8.50. The Kier molecular flexibility index (Phi) is 6.45. The number of benzene rings is 1. The van der Waals surface area contributed by atoms with E-state index in [1.807, 2.05) is 31.7 Å². The highest BCUT2D eigenvalue weighted by Gasteiger charge is 2.38. The molecule has 2 fully saturated rings. The van der Waals surface area contributed by atoms with Crippen molar-refractivity contribution >= 4 is 35.2 Å². The van der Waals surface area contributed by atoms with Gasteiger partial charge >= 0.3 is 6.09 Å². The predicted molar refractivity (Wildman–Crippen MR) is 111 cm³/mol. The first-order chi connectivity index (χ1) is 13.2. The number of hydrogen-bond acceptors (Lipinski definition) is 3. The second-order valence-corrected chi connectivity index (χ2v) is 9.45. The Morgan fingerprint density at radius 3 is 2.18 bits per heavy atom. The first kappa shape index (κ1) is 21.3. The van der Waals surface area contributed by atoms with Crippen LogP contribution in [0.25, 0.3) is 0 Å². The molecule has 1 aliphatic carbocycles. The fraction of sp³-hybridized carbons (Fsp3) is 0.619. The van der Waals surface area contributed by atoms with Gasteiger partial charge in [0.05, 0.1) is 0 Å². The summed E-state index contributed by atoms with van der Waals surface area (Å²) in [5.41, 5.74) is 0.290. The smallest absolute Gasteiger partial charge is 0.410 e. The van der Waals surface area contributed by atoms with Gasteiger partial charge in [0, 0.05) is 47.2 Å². The number of piperidine rings is 1. The van der Waals surface area contributed by atoms with Gasteiger partial charge in [-0.05, 0) is 58.6 Å². The quantitative estimate of drug-likeness (QED) is 0.669. The molecule has 28 heavy (non-hydrogen) atoms. The van der Waals surface area contributed by atoms with Gasteiger partial charge in [-0.15, -0.1) is 0 Å². The molecule has 0 atom stereocenters. The molecule has 1 aromatic rings. The molecule has 1 saturated carbocycles. The third-order valence-electron chi connectivity index (χ3n) is 5.16. The summed E-state index contributed by atoms with van der Waals surface area (Å²) in [6.07, 6.45) is 3.03. The van der Waals surface area contributed by atoms with Crippen LogP contribution in [0.1, 0.15) is 52.0 Å². The number of rotatable bonds is 4. The number of carbonyl (C=O) groups excluding carboxylic acids is 2. The Hall–Kier alpha value is -1.46. The largest absolute Gasteiger partial charge is 0.444 e. The van der Waals surface area contributed by atoms with E-state index in [-0.39, 0.29) is 24.0 Å². The van der Waals surface area contributed by atoms with Crippen molar-refractivity contribution in [2.24, 2.45) is 5.92 Å². The van der Waals surface area contributed by atoms with Gasteiger partial charge in [-0.25, -0.2) is 4.79 Å². The number of ether oxygens (including phenoxy) is 1. The van der Waals surface area contributed by atoms with E-state index in [0.29, 0.717) is 42.5 Å². The van der Waals surface area contributed by atoms with Crippen LogP contribution in [0.2, 0.25) is 10.0 Å². The molecule has 0 bridgehead atoms. The Morgan fingerprint density at radius 1 is 1.11 bits per heavy atom. The molecule has 3 rings (SSSR count). The van der Waals surface area contributed by atoms with E-state index in [1.165, 1.54) is 0 Å². The van der Waals surface area contributed by atoms with Crippen LogP contribution in [0.15, 0.2) is 18.2 Å². The van der Waals surface area contributed by atoms with Crippen molar-refractivity contribution in [2.75, 3.05) is 13.1 Å². The van der Waals surface area contributed by atoms with Crippen LogP contribution in [-0.4, -0.2) is 46.5 Å². The summed E-state index contributed by atoms with van der Waals surface area (Å²) in [7, 11) is 0. The van der Waals surface area contributed by atoms with Gasteiger partial charge in [-0.3, -0.25) is 4.79 Å². The van der Waals surface area contributed by atoms with E-state index in [2.05, 4.69) is 0 Å². The molecule has 5 nitrogen and oxygen atoms in total. The molecular formula is C21H28Cl2N2O3. The number of likely N-dealkylation sites (tertiary alicyclic amines) is 1. The highest BCUT2D eigenvalue weighted by molar-refractivity contribution is 6.36. The maximum Gasteiger partial charge on any atom is 0.410 e. The molecule has 1 heterocycles. The van der Waals surface area contributed by atoms with Crippen LogP contribution in [0, 0.1) is 5.92 Å². The third-order valence-corrected chi connectivity index (χ3v) is 5.86. The maximum absolute atomic E-state index is 13.2. The Bertz CT molecular complexity index is 715. The Balaban J connectivity index is 1.62. The van der Waals surface area contributed by atoms with Gasteiger partial charge in [0.25, 0.3) is 0 Å². The van der Waals surface area contributed by atoms with Crippen molar-refractivity contribution in [2.45, 2.75) is 64.6 Å². The zero-order chi connectivity index (χ0) is 20.5. The minimum Gasteiger partial charge on any atom is -0.444 e. The maximum atomic E-state index is 13.2. The van der Waals surface area contributed by atoms with Gasteiger partial charge in [-0.2, -0.15) is 0 Å². The number of carbonyl (C=O) groups is 2. The average molecular weight is 427 g/mol. The second-order valence-electron chi connectivity index (χ2n) is 8.64. The fourth-order valence-electron chi connectivity index (χ4n) is 3.50. The van der Waals surface area contributed by atoms with Gasteiger partial charge in [0.15, 0.2) is 0 Å². The lowest BCUT2D eigenvalue weighted by atomic mass is 9.95. The molecule has 1 saturated heterocycles. The first-order valence-corrected chi connectivity index (χ1v) is 10.6. The summed E-state index contributed by atoms with van der Waals surface area (Å²) >= 11 is 12.6. The topological polar surface area (TPSA) is 49.9 Å². The van der Waals surface area contributed by atoms with Crippen LogP contribution < -0.4 is 0 Å². The van der Waals surface area contributed by atoms with E-state index in [1.54, 1.807) is 17.0 Å². The molecule has 0 N–H and O–H groups in total. The van der Waals surface area contributed by atoms with E-state index in [9.17, 15) is 9.59 Å². The highest BCUT2D eigenvalue weighted by atomic mass is 35.5. The van der Waals surface area contributed by atoms with Crippen molar-refractivity contribution in [1.29, 1.82) is 0 Å². The highest BCUT2D eigenvalue weighted by Crippen LogP contribution is 2.34. The number of hydrogen-bond donors (Lipinski definition) is 0. The standard InChI is InChI=1S/C21H28Cl2N2O3/c1-21(2,3)28-20(27)24-11-9-14(10-12-24)19(26)25(15-7-8-15)13-16-17(22)5-4-6-18(16)23/h4-6,14-15H,7-13H2,1-3H3. The van der Waals surface area contributed by atoms with Crippen LogP contribution >= 0.6 is 23.2 Å². The third kappa shape index (κ3) is 5.32. The van der Waals surface area contributed by atoms with Crippen molar-refractivity contribution in [3.05, 3.63) is 33.8 Å². The van der Waals surface area contributed by atoms with Crippen molar-refractivity contribution in [3.8, 4) is 0 Å². The van der Waals surface area contributed by atoms with Gasteiger partial charge in [0.2, 0.25) is 5.91 Å². The molecule has 1 aromatic carbocycles. The SMILES string of the molecule is CC(C)(C)OC(=O)N1CCC(C(=O)N(Cc2c(Cl)cccc2Cl)C2CC2)CC1. The zero-order valence-electron chi connectivity index (χ0n) is 16.7. The lowest BCUT2D eigenvalue weighted by Crippen LogP contribution is -2.46. The van der Waals surface area contributed by atoms with Gasteiger partial charge < -0.3 is 14.5 Å². The fourth-order valence-corrected chi connectivity index (χ4v) is 4.01. The minimum absolute atomic E-state index is 0.0828. The molecule has 1 aliphatic heterocycles. The monoisotopic (exact) mass is 426 g/mol. The molecular weight excluding hydrogens is 399 g/mol. The summed E-state index contributed by atoms with van der Waals surface area (Å²) in [6, 6.07) is 5.68.